The first kappa shape index (κ1) is 16.8. The van der Waals surface area contributed by atoms with Crippen molar-refractivity contribution in [3.05, 3.63) is 102 Å². The van der Waals surface area contributed by atoms with E-state index in [0.29, 0.717) is 11.3 Å². The summed E-state index contributed by atoms with van der Waals surface area (Å²) in [6.45, 7) is 0. The standard InChI is InChI=1S/C23H18N2O2/c1-25-20-15-9-8-14-19(20)24-22(25)16-21(17-10-4-2-5-11-17)27-23(26)18-12-6-3-7-13-18/h2-16H,1H3. The number of carbonyl (C=O) groups excluding carboxylic acids is 1. The number of hydrogen-bond donors (Lipinski definition) is 0. The van der Waals surface area contributed by atoms with E-state index in [4.69, 9.17) is 4.74 Å². The second-order valence-electron chi connectivity index (χ2n) is 6.15. The van der Waals surface area contributed by atoms with Gasteiger partial charge in [0.25, 0.3) is 0 Å². The number of aromatic nitrogens is 2. The molecule has 0 saturated carbocycles. The van der Waals surface area contributed by atoms with E-state index >= 15 is 0 Å². The van der Waals surface area contributed by atoms with Crippen molar-refractivity contribution in [2.24, 2.45) is 7.05 Å². The highest BCUT2D eigenvalue weighted by molar-refractivity contribution is 5.95. The maximum atomic E-state index is 12.6. The molecule has 4 aromatic rings. The van der Waals surface area contributed by atoms with E-state index in [1.165, 1.54) is 0 Å². The third kappa shape index (κ3) is 3.51. The van der Waals surface area contributed by atoms with Crippen LogP contribution in [0.15, 0.2) is 84.9 Å². The van der Waals surface area contributed by atoms with Crippen molar-refractivity contribution in [1.82, 2.24) is 9.55 Å². The van der Waals surface area contributed by atoms with Crippen LogP contribution in [0.25, 0.3) is 22.9 Å². The molecule has 1 aromatic heterocycles. The minimum Gasteiger partial charge on any atom is -0.422 e. The number of hydrogen-bond acceptors (Lipinski definition) is 3. The molecule has 4 nitrogen and oxygen atoms in total. The molecule has 0 N–H and O–H groups in total. The van der Waals surface area contributed by atoms with Crippen molar-refractivity contribution < 1.29 is 9.53 Å². The van der Waals surface area contributed by atoms with Crippen LogP contribution in [0.4, 0.5) is 0 Å². The Kier molecular flexibility index (Phi) is 4.54. The molecule has 0 bridgehead atoms. The first-order chi connectivity index (χ1) is 13.2. The fourth-order valence-electron chi connectivity index (χ4n) is 2.92. The topological polar surface area (TPSA) is 44.1 Å². The zero-order valence-corrected chi connectivity index (χ0v) is 14.9. The largest absolute Gasteiger partial charge is 0.422 e. The Labute approximate surface area is 157 Å². The number of nitrogens with zero attached hydrogens (tertiary/aromatic N) is 2. The van der Waals surface area contributed by atoms with Gasteiger partial charge in [-0.25, -0.2) is 9.78 Å². The lowest BCUT2D eigenvalue weighted by molar-refractivity contribution is 0.0693. The molecule has 4 heteroatoms. The Hall–Kier alpha value is -3.66. The molecule has 4 rings (SSSR count). The monoisotopic (exact) mass is 354 g/mol. The first-order valence-corrected chi connectivity index (χ1v) is 8.68. The number of rotatable bonds is 4. The van der Waals surface area contributed by atoms with Gasteiger partial charge in [-0.05, 0) is 24.3 Å². The number of ether oxygens (including phenoxy) is 1. The van der Waals surface area contributed by atoms with Crippen molar-refractivity contribution in [2.45, 2.75) is 0 Å². The number of para-hydroxylation sites is 2. The summed E-state index contributed by atoms with van der Waals surface area (Å²) in [4.78, 5) is 17.2. The molecule has 0 atom stereocenters. The van der Waals surface area contributed by atoms with E-state index in [1.807, 2.05) is 84.4 Å². The number of fused-ring (bicyclic) bond motifs is 1. The van der Waals surface area contributed by atoms with Crippen LogP contribution in [0.1, 0.15) is 21.7 Å². The molecular weight excluding hydrogens is 336 g/mol. The van der Waals surface area contributed by atoms with Gasteiger partial charge in [0.2, 0.25) is 0 Å². The summed E-state index contributed by atoms with van der Waals surface area (Å²) in [5.74, 6) is 0.781. The van der Waals surface area contributed by atoms with Crippen LogP contribution in [0.2, 0.25) is 0 Å². The second-order valence-corrected chi connectivity index (χ2v) is 6.15. The minimum atomic E-state index is -0.399. The number of aryl methyl sites for hydroxylation is 1. The second kappa shape index (κ2) is 7.30. The Bertz CT molecular complexity index is 1110. The van der Waals surface area contributed by atoms with Crippen LogP contribution in [-0.2, 0) is 11.8 Å². The van der Waals surface area contributed by atoms with E-state index in [0.717, 1.165) is 22.4 Å². The molecule has 27 heavy (non-hydrogen) atoms. The maximum Gasteiger partial charge on any atom is 0.343 e. The van der Waals surface area contributed by atoms with Crippen LogP contribution < -0.4 is 0 Å². The number of esters is 1. The third-order valence-corrected chi connectivity index (χ3v) is 4.35. The maximum absolute atomic E-state index is 12.6. The van der Waals surface area contributed by atoms with Crippen molar-refractivity contribution in [1.29, 1.82) is 0 Å². The smallest absolute Gasteiger partial charge is 0.343 e. The molecule has 132 valence electrons. The molecule has 0 fully saturated rings. The molecule has 0 amide bonds. The SMILES string of the molecule is Cn1c(C=C(OC(=O)c2ccccc2)c2ccccc2)nc2ccccc21. The predicted octanol–water partition coefficient (Wildman–Crippen LogP) is 4.93. The van der Waals surface area contributed by atoms with E-state index in [2.05, 4.69) is 4.98 Å². The lowest BCUT2D eigenvalue weighted by Gasteiger charge is -2.09. The Morgan fingerprint density at radius 3 is 2.11 bits per heavy atom. The normalized spacial score (nSPS) is 11.5. The lowest BCUT2D eigenvalue weighted by atomic mass is 10.1. The minimum absolute atomic E-state index is 0.399. The van der Waals surface area contributed by atoms with Gasteiger partial charge in [-0.15, -0.1) is 0 Å². The molecule has 1 heterocycles. The lowest BCUT2D eigenvalue weighted by Crippen LogP contribution is -2.05. The molecule has 0 unspecified atom stereocenters. The first-order valence-electron chi connectivity index (χ1n) is 8.68. The van der Waals surface area contributed by atoms with Gasteiger partial charge in [0, 0.05) is 18.7 Å². The van der Waals surface area contributed by atoms with Gasteiger partial charge >= 0.3 is 5.97 Å². The molecular formula is C23H18N2O2. The molecule has 0 aliphatic rings. The predicted molar refractivity (Wildman–Crippen MR) is 107 cm³/mol. The Morgan fingerprint density at radius 1 is 0.852 bits per heavy atom. The summed E-state index contributed by atoms with van der Waals surface area (Å²) in [7, 11) is 1.95. The van der Waals surface area contributed by atoms with Crippen LogP contribution in [0.3, 0.4) is 0 Å². The summed E-state index contributed by atoms with van der Waals surface area (Å²) in [5, 5.41) is 0. The molecule has 0 aliphatic carbocycles. The zero-order chi connectivity index (χ0) is 18.6. The van der Waals surface area contributed by atoms with Gasteiger partial charge in [0.1, 0.15) is 11.6 Å². The summed E-state index contributed by atoms with van der Waals surface area (Å²) in [6.07, 6.45) is 1.80. The van der Waals surface area contributed by atoms with Crippen LogP contribution >= 0.6 is 0 Å². The average molecular weight is 354 g/mol. The van der Waals surface area contributed by atoms with Gasteiger partial charge in [-0.3, -0.25) is 0 Å². The zero-order valence-electron chi connectivity index (χ0n) is 14.9. The summed E-state index contributed by atoms with van der Waals surface area (Å²) in [6, 6.07) is 26.4. The van der Waals surface area contributed by atoms with E-state index < -0.39 is 5.97 Å². The third-order valence-electron chi connectivity index (χ3n) is 4.35. The van der Waals surface area contributed by atoms with Gasteiger partial charge < -0.3 is 9.30 Å². The summed E-state index contributed by atoms with van der Waals surface area (Å²) < 4.78 is 7.73. The van der Waals surface area contributed by atoms with E-state index in [-0.39, 0.29) is 0 Å². The van der Waals surface area contributed by atoms with Gasteiger partial charge in [0.05, 0.1) is 16.6 Å². The van der Waals surface area contributed by atoms with Crippen molar-refractivity contribution in [3.63, 3.8) is 0 Å². The van der Waals surface area contributed by atoms with E-state index in [9.17, 15) is 4.79 Å². The Morgan fingerprint density at radius 2 is 1.44 bits per heavy atom. The van der Waals surface area contributed by atoms with Gasteiger partial charge in [-0.2, -0.15) is 0 Å². The number of imidazole rings is 1. The summed E-state index contributed by atoms with van der Waals surface area (Å²) in [5.41, 5.74) is 3.23. The van der Waals surface area contributed by atoms with Gasteiger partial charge in [-0.1, -0.05) is 60.7 Å². The summed E-state index contributed by atoms with van der Waals surface area (Å²) >= 11 is 0. The van der Waals surface area contributed by atoms with Crippen molar-refractivity contribution >= 4 is 28.8 Å². The van der Waals surface area contributed by atoms with Crippen molar-refractivity contribution in [2.75, 3.05) is 0 Å². The highest BCUT2D eigenvalue weighted by Crippen LogP contribution is 2.23. The fourth-order valence-corrected chi connectivity index (χ4v) is 2.92. The molecule has 0 spiro atoms. The fraction of sp³-hybridized carbons (Fsp3) is 0.0435. The van der Waals surface area contributed by atoms with Crippen LogP contribution in [0.5, 0.6) is 0 Å². The van der Waals surface area contributed by atoms with Gasteiger partial charge in [0.15, 0.2) is 0 Å². The number of carbonyl (C=O) groups is 1. The average Bonchev–Trinajstić information content (AvgIpc) is 3.04. The Balaban J connectivity index is 1.77. The molecule has 0 radical (unpaired) electrons. The molecule has 3 aromatic carbocycles. The highest BCUT2D eigenvalue weighted by Gasteiger charge is 2.14. The van der Waals surface area contributed by atoms with Crippen LogP contribution in [0, 0.1) is 0 Å². The van der Waals surface area contributed by atoms with E-state index in [1.54, 1.807) is 18.2 Å². The van der Waals surface area contributed by atoms with Crippen molar-refractivity contribution in [3.8, 4) is 0 Å². The quantitative estimate of drug-likeness (QED) is 0.386. The highest BCUT2D eigenvalue weighted by atomic mass is 16.5. The molecule has 0 saturated heterocycles. The molecule has 0 aliphatic heterocycles. The number of benzene rings is 3. The van der Waals surface area contributed by atoms with Crippen LogP contribution in [-0.4, -0.2) is 15.5 Å².